The Labute approximate surface area is 90.2 Å². The van der Waals surface area contributed by atoms with Crippen molar-refractivity contribution in [3.8, 4) is 0 Å². The van der Waals surface area contributed by atoms with Crippen LogP contribution in [-0.2, 0) is 19.1 Å². The summed E-state index contributed by atoms with van der Waals surface area (Å²) in [5, 5.41) is 0. The quantitative estimate of drug-likeness (QED) is 0.368. The van der Waals surface area contributed by atoms with E-state index in [1.165, 1.54) is 6.92 Å². The van der Waals surface area contributed by atoms with Crippen LogP contribution in [0.15, 0.2) is 12.7 Å². The van der Waals surface area contributed by atoms with Crippen LogP contribution >= 0.6 is 0 Å². The van der Waals surface area contributed by atoms with Gasteiger partial charge in [-0.1, -0.05) is 6.58 Å². The van der Waals surface area contributed by atoms with Gasteiger partial charge in [0.2, 0.25) is 0 Å². The molecule has 0 amide bonds. The van der Waals surface area contributed by atoms with Gasteiger partial charge in [-0.25, -0.2) is 4.79 Å². The van der Waals surface area contributed by atoms with E-state index in [9.17, 15) is 9.59 Å². The van der Waals surface area contributed by atoms with Crippen molar-refractivity contribution in [1.29, 1.82) is 0 Å². The molecule has 1 atom stereocenters. The molecule has 0 aromatic heterocycles. The van der Waals surface area contributed by atoms with Gasteiger partial charge in [0.1, 0.15) is 0 Å². The first-order valence-electron chi connectivity index (χ1n) is 5.02. The third-order valence-corrected chi connectivity index (χ3v) is 1.79. The summed E-state index contributed by atoms with van der Waals surface area (Å²) in [4.78, 5) is 21.2. The topological polar surface area (TPSA) is 52.6 Å². The third-order valence-electron chi connectivity index (χ3n) is 1.79. The fourth-order valence-electron chi connectivity index (χ4n) is 1.06. The van der Waals surface area contributed by atoms with Crippen LogP contribution in [0.3, 0.4) is 0 Å². The number of hydrogen-bond donors (Lipinski definition) is 0. The summed E-state index contributed by atoms with van der Waals surface area (Å²) in [5.41, 5.74) is 0. The lowest BCUT2D eigenvalue weighted by Gasteiger charge is -2.11. The van der Waals surface area contributed by atoms with Gasteiger partial charge in [-0.15, -0.1) is 0 Å². The molecule has 0 saturated carbocycles. The zero-order valence-electron chi connectivity index (χ0n) is 9.32. The number of unbranched alkanes of at least 4 members (excludes halogenated alkanes) is 1. The standard InChI is InChI=1S/C11H18O4/c1-4-11(13)15-9(2)7-5-6-8-14-10(3)12/h4,9H,1,5-8H2,2-3H3. The summed E-state index contributed by atoms with van der Waals surface area (Å²) < 4.78 is 9.73. The minimum Gasteiger partial charge on any atom is -0.466 e. The van der Waals surface area contributed by atoms with Gasteiger partial charge < -0.3 is 9.47 Å². The molecule has 0 aliphatic rings. The van der Waals surface area contributed by atoms with E-state index in [4.69, 9.17) is 9.47 Å². The summed E-state index contributed by atoms with van der Waals surface area (Å²) in [6.45, 7) is 6.95. The van der Waals surface area contributed by atoms with Crippen LogP contribution in [0.25, 0.3) is 0 Å². The third kappa shape index (κ3) is 9.00. The second kappa shape index (κ2) is 8.03. The van der Waals surface area contributed by atoms with Gasteiger partial charge in [-0.2, -0.15) is 0 Å². The maximum atomic E-state index is 10.8. The zero-order valence-corrected chi connectivity index (χ0v) is 9.32. The molecule has 0 saturated heterocycles. The number of rotatable bonds is 7. The molecule has 4 nitrogen and oxygen atoms in total. The molecule has 86 valence electrons. The number of carbonyl (C=O) groups is 2. The second-order valence-corrected chi connectivity index (χ2v) is 3.29. The Morgan fingerprint density at radius 3 is 2.60 bits per heavy atom. The number of ether oxygens (including phenoxy) is 2. The fraction of sp³-hybridized carbons (Fsp3) is 0.636. The summed E-state index contributed by atoms with van der Waals surface area (Å²) >= 11 is 0. The molecule has 0 radical (unpaired) electrons. The van der Waals surface area contributed by atoms with Gasteiger partial charge in [-0.05, 0) is 26.2 Å². The first kappa shape index (κ1) is 13.7. The van der Waals surface area contributed by atoms with Crippen molar-refractivity contribution in [3.05, 3.63) is 12.7 Å². The minimum atomic E-state index is -0.400. The first-order chi connectivity index (χ1) is 7.06. The lowest BCUT2D eigenvalue weighted by Crippen LogP contribution is -2.13. The van der Waals surface area contributed by atoms with Crippen molar-refractivity contribution in [3.63, 3.8) is 0 Å². The predicted octanol–water partition coefficient (Wildman–Crippen LogP) is 1.84. The largest absolute Gasteiger partial charge is 0.466 e. The molecule has 0 N–H and O–H groups in total. The predicted molar refractivity (Wildman–Crippen MR) is 56.2 cm³/mol. The number of hydrogen-bond acceptors (Lipinski definition) is 4. The van der Waals surface area contributed by atoms with Crippen LogP contribution in [0.4, 0.5) is 0 Å². The van der Waals surface area contributed by atoms with Crippen molar-refractivity contribution in [1.82, 2.24) is 0 Å². The Morgan fingerprint density at radius 1 is 1.40 bits per heavy atom. The first-order valence-corrected chi connectivity index (χ1v) is 5.02. The molecule has 0 aromatic rings. The van der Waals surface area contributed by atoms with Gasteiger partial charge >= 0.3 is 11.9 Å². The average molecular weight is 214 g/mol. The molecule has 0 aliphatic heterocycles. The molecule has 4 heteroatoms. The van der Waals surface area contributed by atoms with E-state index in [1.54, 1.807) is 0 Å². The lowest BCUT2D eigenvalue weighted by molar-refractivity contribution is -0.142. The summed E-state index contributed by atoms with van der Waals surface area (Å²) in [6, 6.07) is 0. The SMILES string of the molecule is C=CC(=O)OC(C)CCCCOC(C)=O. The average Bonchev–Trinajstić information content (AvgIpc) is 2.16. The minimum absolute atomic E-state index is 0.118. The number of carbonyl (C=O) groups excluding carboxylic acids is 2. The smallest absolute Gasteiger partial charge is 0.330 e. The van der Waals surface area contributed by atoms with Crippen LogP contribution in [0.1, 0.15) is 33.1 Å². The Kier molecular flexibility index (Phi) is 7.32. The summed E-state index contributed by atoms with van der Waals surface area (Å²) in [5.74, 6) is -0.663. The van der Waals surface area contributed by atoms with E-state index in [2.05, 4.69) is 6.58 Å². The van der Waals surface area contributed by atoms with Gasteiger partial charge in [0.25, 0.3) is 0 Å². The second-order valence-electron chi connectivity index (χ2n) is 3.29. The van der Waals surface area contributed by atoms with Crippen molar-refractivity contribution in [2.24, 2.45) is 0 Å². The lowest BCUT2D eigenvalue weighted by atomic mass is 10.2. The van der Waals surface area contributed by atoms with Crippen molar-refractivity contribution in [2.45, 2.75) is 39.2 Å². The molecule has 0 heterocycles. The van der Waals surface area contributed by atoms with E-state index in [-0.39, 0.29) is 12.1 Å². The molecule has 0 rings (SSSR count). The van der Waals surface area contributed by atoms with E-state index in [0.717, 1.165) is 25.3 Å². The molecule has 15 heavy (non-hydrogen) atoms. The normalized spacial score (nSPS) is 11.6. The van der Waals surface area contributed by atoms with E-state index >= 15 is 0 Å². The Bertz CT molecular complexity index is 223. The van der Waals surface area contributed by atoms with Gasteiger partial charge in [-0.3, -0.25) is 4.79 Å². The summed E-state index contributed by atoms with van der Waals surface area (Å²) in [7, 11) is 0. The molecule has 0 spiro atoms. The van der Waals surface area contributed by atoms with Gasteiger partial charge in [0, 0.05) is 13.0 Å². The maximum absolute atomic E-state index is 10.8. The van der Waals surface area contributed by atoms with Crippen molar-refractivity contribution < 1.29 is 19.1 Å². The molecule has 0 bridgehead atoms. The molecule has 0 fully saturated rings. The monoisotopic (exact) mass is 214 g/mol. The highest BCUT2D eigenvalue weighted by Crippen LogP contribution is 2.05. The zero-order chi connectivity index (χ0) is 11.7. The Hall–Kier alpha value is -1.32. The Morgan fingerprint density at radius 2 is 2.07 bits per heavy atom. The van der Waals surface area contributed by atoms with Crippen LogP contribution < -0.4 is 0 Å². The molecule has 0 aromatic carbocycles. The van der Waals surface area contributed by atoms with E-state index in [0.29, 0.717) is 6.61 Å². The molecule has 0 aliphatic carbocycles. The number of esters is 2. The van der Waals surface area contributed by atoms with Crippen molar-refractivity contribution in [2.75, 3.05) is 6.61 Å². The van der Waals surface area contributed by atoms with Crippen LogP contribution in [-0.4, -0.2) is 24.6 Å². The molecular weight excluding hydrogens is 196 g/mol. The van der Waals surface area contributed by atoms with Gasteiger partial charge in [0.05, 0.1) is 12.7 Å². The van der Waals surface area contributed by atoms with E-state index < -0.39 is 5.97 Å². The van der Waals surface area contributed by atoms with Crippen LogP contribution in [0, 0.1) is 0 Å². The van der Waals surface area contributed by atoms with Crippen LogP contribution in [0.2, 0.25) is 0 Å². The fourth-order valence-corrected chi connectivity index (χ4v) is 1.06. The highest BCUT2D eigenvalue weighted by atomic mass is 16.5. The van der Waals surface area contributed by atoms with Crippen LogP contribution in [0.5, 0.6) is 0 Å². The highest BCUT2D eigenvalue weighted by Gasteiger charge is 2.05. The molecular formula is C11H18O4. The Balaban J connectivity index is 3.38. The molecule has 1 unspecified atom stereocenters. The highest BCUT2D eigenvalue weighted by molar-refractivity contribution is 5.81. The van der Waals surface area contributed by atoms with E-state index in [1.807, 2.05) is 6.92 Å². The van der Waals surface area contributed by atoms with Crippen molar-refractivity contribution >= 4 is 11.9 Å². The maximum Gasteiger partial charge on any atom is 0.330 e. The van der Waals surface area contributed by atoms with Gasteiger partial charge in [0.15, 0.2) is 0 Å². The summed E-state index contributed by atoms with van der Waals surface area (Å²) in [6.07, 6.45) is 3.44.